The number of rotatable bonds is 11. The number of nitrogens with one attached hydrogen (secondary N) is 1. The molecular weight excluding hydrogens is 426 g/mol. The highest BCUT2D eigenvalue weighted by atomic mass is 16.5. The van der Waals surface area contributed by atoms with Gasteiger partial charge in [0.2, 0.25) is 0 Å². The molecule has 1 atom stereocenters. The normalized spacial score (nSPS) is 15.1. The third-order valence-corrected chi connectivity index (χ3v) is 6.37. The molecule has 0 spiro atoms. The first-order valence-corrected chi connectivity index (χ1v) is 12.3. The van der Waals surface area contributed by atoms with E-state index in [1.807, 2.05) is 47.4 Å². The number of hydrogen-bond donors (Lipinski definition) is 1. The molecule has 1 aliphatic heterocycles. The Morgan fingerprint density at radius 2 is 1.88 bits per heavy atom. The maximum atomic E-state index is 13.4. The average molecular weight is 462 g/mol. The molecule has 2 heterocycles. The molecule has 0 aliphatic carbocycles. The minimum Gasteiger partial charge on any atom is -0.493 e. The zero-order chi connectivity index (χ0) is 24.1. The summed E-state index contributed by atoms with van der Waals surface area (Å²) in [7, 11) is 1.66. The van der Waals surface area contributed by atoms with Gasteiger partial charge in [-0.25, -0.2) is 0 Å². The van der Waals surface area contributed by atoms with E-state index < -0.39 is 0 Å². The number of benzene rings is 2. The molecule has 0 bridgehead atoms. The average Bonchev–Trinajstić information content (AvgIpc) is 3.39. The van der Waals surface area contributed by atoms with Gasteiger partial charge in [-0.15, -0.1) is 0 Å². The molecule has 1 N–H and O–H groups in total. The number of unbranched alkanes of at least 4 members (excludes halogenated alkanes) is 2. The van der Waals surface area contributed by atoms with E-state index in [-0.39, 0.29) is 11.9 Å². The van der Waals surface area contributed by atoms with Gasteiger partial charge in [-0.2, -0.15) is 5.10 Å². The molecule has 0 saturated carbocycles. The molecule has 0 saturated heterocycles. The predicted molar refractivity (Wildman–Crippen MR) is 134 cm³/mol. The maximum absolute atomic E-state index is 13.4. The van der Waals surface area contributed by atoms with E-state index in [4.69, 9.17) is 9.47 Å². The first kappa shape index (κ1) is 23.9. The second-order valence-electron chi connectivity index (χ2n) is 9.28. The summed E-state index contributed by atoms with van der Waals surface area (Å²) in [6, 6.07) is 15.8. The van der Waals surface area contributed by atoms with Gasteiger partial charge in [0.1, 0.15) is 5.69 Å². The topological polar surface area (TPSA) is 67.5 Å². The molecule has 1 amide bonds. The fourth-order valence-electron chi connectivity index (χ4n) is 4.50. The lowest BCUT2D eigenvalue weighted by molar-refractivity contribution is 0.0740. The van der Waals surface area contributed by atoms with Gasteiger partial charge < -0.3 is 14.4 Å². The monoisotopic (exact) mass is 461 g/mol. The SMILES string of the molecule is CCCCCN1C(=O)c2[nH]nc(-c3ccccc3)c2C1c1ccc(OCCC(C)C)c(OC)c1. The van der Waals surface area contributed by atoms with Crippen molar-refractivity contribution >= 4 is 5.91 Å². The van der Waals surface area contributed by atoms with Gasteiger partial charge in [0.15, 0.2) is 11.5 Å². The van der Waals surface area contributed by atoms with Crippen LogP contribution < -0.4 is 9.47 Å². The lowest BCUT2D eigenvalue weighted by Gasteiger charge is -2.27. The summed E-state index contributed by atoms with van der Waals surface area (Å²) < 4.78 is 11.7. The largest absolute Gasteiger partial charge is 0.493 e. The van der Waals surface area contributed by atoms with Gasteiger partial charge in [-0.3, -0.25) is 9.89 Å². The third kappa shape index (κ3) is 4.81. The number of amides is 1. The molecule has 0 radical (unpaired) electrons. The van der Waals surface area contributed by atoms with Gasteiger partial charge in [0.05, 0.1) is 25.5 Å². The first-order valence-electron chi connectivity index (χ1n) is 12.3. The van der Waals surface area contributed by atoms with E-state index in [9.17, 15) is 4.79 Å². The Labute approximate surface area is 202 Å². The predicted octanol–water partition coefficient (Wildman–Crippen LogP) is 6.25. The fraction of sp³-hybridized carbons (Fsp3) is 0.429. The van der Waals surface area contributed by atoms with Crippen LogP contribution >= 0.6 is 0 Å². The van der Waals surface area contributed by atoms with Gasteiger partial charge in [-0.1, -0.05) is 70.0 Å². The van der Waals surface area contributed by atoms with E-state index in [2.05, 4.69) is 37.0 Å². The molecule has 2 aromatic carbocycles. The maximum Gasteiger partial charge on any atom is 0.273 e. The van der Waals surface area contributed by atoms with E-state index in [0.717, 1.165) is 53.8 Å². The number of ether oxygens (including phenoxy) is 2. The van der Waals surface area contributed by atoms with Crippen LogP contribution in [-0.2, 0) is 0 Å². The zero-order valence-electron chi connectivity index (χ0n) is 20.6. The van der Waals surface area contributed by atoms with E-state index in [0.29, 0.717) is 30.5 Å². The van der Waals surface area contributed by atoms with Crippen molar-refractivity contribution in [1.29, 1.82) is 0 Å². The lowest BCUT2D eigenvalue weighted by Crippen LogP contribution is -2.30. The van der Waals surface area contributed by atoms with Crippen LogP contribution in [0.2, 0.25) is 0 Å². The van der Waals surface area contributed by atoms with Crippen molar-refractivity contribution in [3.8, 4) is 22.8 Å². The Balaban J connectivity index is 1.73. The van der Waals surface area contributed by atoms with Crippen molar-refractivity contribution in [3.63, 3.8) is 0 Å². The summed E-state index contributed by atoms with van der Waals surface area (Å²) in [5.41, 5.74) is 4.33. The molecule has 3 aromatic rings. The van der Waals surface area contributed by atoms with Crippen molar-refractivity contribution in [3.05, 3.63) is 65.4 Å². The fourth-order valence-corrected chi connectivity index (χ4v) is 4.50. The highest BCUT2D eigenvalue weighted by molar-refractivity contribution is 6.00. The third-order valence-electron chi connectivity index (χ3n) is 6.37. The summed E-state index contributed by atoms with van der Waals surface area (Å²) in [6.07, 6.45) is 4.13. The van der Waals surface area contributed by atoms with Crippen molar-refractivity contribution < 1.29 is 14.3 Å². The molecule has 0 fully saturated rings. The second-order valence-corrected chi connectivity index (χ2v) is 9.28. The summed E-state index contributed by atoms with van der Waals surface area (Å²) in [5, 5.41) is 7.59. The Bertz CT molecular complexity index is 1110. The number of H-pyrrole nitrogens is 1. The molecule has 1 aliphatic rings. The van der Waals surface area contributed by atoms with Crippen LogP contribution in [0.25, 0.3) is 11.3 Å². The molecule has 1 unspecified atom stereocenters. The number of nitrogens with zero attached hydrogens (tertiary/aromatic N) is 2. The quantitative estimate of drug-likeness (QED) is 0.343. The Hall–Kier alpha value is -3.28. The molecule has 6 heteroatoms. The smallest absolute Gasteiger partial charge is 0.273 e. The molecule has 1 aromatic heterocycles. The minimum atomic E-state index is -0.230. The Morgan fingerprint density at radius 3 is 2.59 bits per heavy atom. The van der Waals surface area contributed by atoms with Crippen LogP contribution in [0.3, 0.4) is 0 Å². The van der Waals surface area contributed by atoms with Gasteiger partial charge in [0.25, 0.3) is 5.91 Å². The van der Waals surface area contributed by atoms with Gasteiger partial charge in [-0.05, 0) is 36.5 Å². The number of carbonyl (C=O) groups is 1. The van der Waals surface area contributed by atoms with Crippen LogP contribution in [0, 0.1) is 5.92 Å². The number of hydrogen-bond acceptors (Lipinski definition) is 4. The first-order chi connectivity index (χ1) is 16.5. The standard InChI is InChI=1S/C28H35N3O3/c1-5-6-10-16-31-27(21-13-14-22(23(18-21)33-4)34-17-15-19(2)3)24-25(20-11-8-7-9-12-20)29-30-26(24)28(31)32/h7-9,11-14,18-19,27H,5-6,10,15-17H2,1-4H3,(H,29,30). The van der Waals surface area contributed by atoms with Crippen LogP contribution in [0.4, 0.5) is 0 Å². The van der Waals surface area contributed by atoms with Crippen molar-refractivity contribution in [1.82, 2.24) is 15.1 Å². The van der Waals surface area contributed by atoms with Crippen LogP contribution in [0.15, 0.2) is 48.5 Å². The highest BCUT2D eigenvalue weighted by Gasteiger charge is 2.42. The molecular formula is C28H35N3O3. The van der Waals surface area contributed by atoms with E-state index >= 15 is 0 Å². The number of aromatic nitrogens is 2. The minimum absolute atomic E-state index is 0.00186. The van der Waals surface area contributed by atoms with Crippen molar-refractivity contribution in [2.45, 2.75) is 52.5 Å². The van der Waals surface area contributed by atoms with E-state index in [1.165, 1.54) is 0 Å². The van der Waals surface area contributed by atoms with Gasteiger partial charge in [0, 0.05) is 17.7 Å². The number of methoxy groups -OCH3 is 1. The second kappa shape index (κ2) is 10.8. The van der Waals surface area contributed by atoms with Crippen molar-refractivity contribution in [2.24, 2.45) is 5.92 Å². The number of aromatic amines is 1. The molecule has 34 heavy (non-hydrogen) atoms. The van der Waals surface area contributed by atoms with Crippen LogP contribution in [0.5, 0.6) is 11.5 Å². The van der Waals surface area contributed by atoms with Crippen LogP contribution in [-0.4, -0.2) is 41.3 Å². The Kier molecular flexibility index (Phi) is 7.56. The number of fused-ring (bicyclic) bond motifs is 1. The summed E-state index contributed by atoms with van der Waals surface area (Å²) in [6.45, 7) is 7.87. The highest BCUT2D eigenvalue weighted by Crippen LogP contribution is 2.44. The molecule has 180 valence electrons. The molecule has 6 nitrogen and oxygen atoms in total. The van der Waals surface area contributed by atoms with E-state index in [1.54, 1.807) is 7.11 Å². The van der Waals surface area contributed by atoms with Crippen molar-refractivity contribution in [2.75, 3.05) is 20.3 Å². The lowest BCUT2D eigenvalue weighted by atomic mass is 9.95. The summed E-state index contributed by atoms with van der Waals surface area (Å²) in [5.74, 6) is 1.98. The van der Waals surface area contributed by atoms with Gasteiger partial charge >= 0.3 is 0 Å². The molecule has 4 rings (SSSR count). The zero-order valence-corrected chi connectivity index (χ0v) is 20.6. The summed E-state index contributed by atoms with van der Waals surface area (Å²) in [4.78, 5) is 15.4. The Morgan fingerprint density at radius 1 is 1.09 bits per heavy atom. The van der Waals surface area contributed by atoms with Crippen LogP contribution in [0.1, 0.15) is 74.1 Å². The summed E-state index contributed by atoms with van der Waals surface area (Å²) >= 11 is 0. The number of carbonyl (C=O) groups excluding carboxylic acids is 1.